The van der Waals surface area contributed by atoms with Crippen LogP contribution < -0.4 is 5.32 Å². The Bertz CT molecular complexity index is 438. The molecule has 1 N–H and O–H groups in total. The molecule has 0 saturated heterocycles. The number of Topliss-reactive ketones (excluding diaryl/α,β-unsaturated/α-hetero) is 1. The first-order valence-corrected chi connectivity index (χ1v) is 5.61. The second-order valence-electron chi connectivity index (χ2n) is 4.71. The Balaban J connectivity index is 2.63. The number of carbonyl (C=O) groups excluding carboxylic acids is 2. The minimum absolute atomic E-state index is 0.000977. The maximum atomic E-state index is 11.7. The van der Waals surface area contributed by atoms with E-state index < -0.39 is 5.41 Å². The van der Waals surface area contributed by atoms with Crippen molar-refractivity contribution >= 4 is 23.3 Å². The van der Waals surface area contributed by atoms with Crippen LogP contribution in [-0.4, -0.2) is 23.2 Å². The van der Waals surface area contributed by atoms with Gasteiger partial charge in [-0.05, 0) is 6.07 Å². The van der Waals surface area contributed by atoms with E-state index in [9.17, 15) is 9.59 Å². The van der Waals surface area contributed by atoms with Gasteiger partial charge in [0.15, 0.2) is 5.78 Å². The molecule has 0 saturated carbocycles. The number of halogens is 1. The zero-order chi connectivity index (χ0) is 13.1. The van der Waals surface area contributed by atoms with Crippen molar-refractivity contribution in [3.8, 4) is 0 Å². The molecule has 92 valence electrons. The van der Waals surface area contributed by atoms with E-state index in [0.717, 1.165) is 0 Å². The van der Waals surface area contributed by atoms with Gasteiger partial charge in [0.25, 0.3) is 5.91 Å². The van der Waals surface area contributed by atoms with Gasteiger partial charge in [-0.25, -0.2) is 0 Å². The number of aromatic nitrogens is 1. The van der Waals surface area contributed by atoms with E-state index >= 15 is 0 Å². The molecule has 1 aromatic rings. The van der Waals surface area contributed by atoms with Gasteiger partial charge < -0.3 is 5.32 Å². The summed E-state index contributed by atoms with van der Waals surface area (Å²) in [6, 6.07) is 1.51. The molecular formula is C12H15ClN2O2. The van der Waals surface area contributed by atoms with Gasteiger partial charge in [0.05, 0.1) is 17.1 Å². The highest BCUT2D eigenvalue weighted by Gasteiger charge is 2.21. The van der Waals surface area contributed by atoms with E-state index in [1.807, 2.05) is 0 Å². The molecule has 0 aliphatic rings. The van der Waals surface area contributed by atoms with Crippen LogP contribution in [0.1, 0.15) is 31.1 Å². The van der Waals surface area contributed by atoms with Crippen LogP contribution in [0.15, 0.2) is 18.5 Å². The van der Waals surface area contributed by atoms with Gasteiger partial charge in [-0.15, -0.1) is 0 Å². The topological polar surface area (TPSA) is 59.1 Å². The molecule has 0 fully saturated rings. The zero-order valence-corrected chi connectivity index (χ0v) is 10.8. The molecule has 0 atom stereocenters. The molecular weight excluding hydrogens is 240 g/mol. The van der Waals surface area contributed by atoms with E-state index in [2.05, 4.69) is 10.3 Å². The van der Waals surface area contributed by atoms with E-state index in [1.165, 1.54) is 18.5 Å². The van der Waals surface area contributed by atoms with Gasteiger partial charge in [0, 0.05) is 17.8 Å². The summed E-state index contributed by atoms with van der Waals surface area (Å²) >= 11 is 5.82. The third-order valence-electron chi connectivity index (χ3n) is 2.26. The van der Waals surface area contributed by atoms with E-state index in [4.69, 9.17) is 11.6 Å². The van der Waals surface area contributed by atoms with Crippen LogP contribution in [0.25, 0.3) is 0 Å². The van der Waals surface area contributed by atoms with Gasteiger partial charge in [-0.3, -0.25) is 14.6 Å². The average molecular weight is 255 g/mol. The summed E-state index contributed by atoms with van der Waals surface area (Å²) in [5, 5.41) is 2.82. The van der Waals surface area contributed by atoms with Crippen molar-refractivity contribution in [3.63, 3.8) is 0 Å². The quantitative estimate of drug-likeness (QED) is 0.898. The Labute approximate surface area is 105 Å². The minimum Gasteiger partial charge on any atom is -0.345 e. The lowest BCUT2D eigenvalue weighted by atomic mass is 9.91. The second kappa shape index (κ2) is 5.27. The van der Waals surface area contributed by atoms with Crippen molar-refractivity contribution in [1.29, 1.82) is 0 Å². The summed E-state index contributed by atoms with van der Waals surface area (Å²) in [6.45, 7) is 5.42. The maximum absolute atomic E-state index is 11.7. The predicted molar refractivity (Wildman–Crippen MR) is 66.0 cm³/mol. The standard InChI is InChI=1S/C12H15ClN2O2/c1-12(2,3)10(16)7-15-11(17)8-4-5-14-6-9(8)13/h4-6H,7H2,1-3H3,(H,15,17). The fourth-order valence-electron chi connectivity index (χ4n) is 1.08. The van der Waals surface area contributed by atoms with Gasteiger partial charge in [-0.2, -0.15) is 0 Å². The molecule has 0 bridgehead atoms. The Morgan fingerprint density at radius 2 is 2.06 bits per heavy atom. The van der Waals surface area contributed by atoms with E-state index in [-0.39, 0.29) is 23.3 Å². The molecule has 0 spiro atoms. The Hall–Kier alpha value is -1.42. The van der Waals surface area contributed by atoms with Crippen molar-refractivity contribution in [1.82, 2.24) is 10.3 Å². The molecule has 1 heterocycles. The number of hydrogen-bond donors (Lipinski definition) is 1. The number of pyridine rings is 1. The average Bonchev–Trinajstić information content (AvgIpc) is 2.24. The third-order valence-corrected chi connectivity index (χ3v) is 2.56. The highest BCUT2D eigenvalue weighted by molar-refractivity contribution is 6.33. The second-order valence-corrected chi connectivity index (χ2v) is 5.12. The van der Waals surface area contributed by atoms with Gasteiger partial charge in [0.2, 0.25) is 0 Å². The number of ketones is 1. The molecule has 1 aromatic heterocycles. The molecule has 17 heavy (non-hydrogen) atoms. The van der Waals surface area contributed by atoms with Crippen LogP contribution >= 0.6 is 11.6 Å². The molecule has 0 aliphatic heterocycles. The number of nitrogens with one attached hydrogen (secondary N) is 1. The summed E-state index contributed by atoms with van der Waals surface area (Å²) < 4.78 is 0. The normalized spacial score (nSPS) is 11.1. The SMILES string of the molecule is CC(C)(C)C(=O)CNC(=O)c1ccncc1Cl. The summed E-state index contributed by atoms with van der Waals surface area (Å²) in [7, 11) is 0. The summed E-state index contributed by atoms with van der Waals surface area (Å²) in [5.74, 6) is -0.397. The van der Waals surface area contributed by atoms with Crippen molar-refractivity contribution < 1.29 is 9.59 Å². The first-order valence-electron chi connectivity index (χ1n) is 5.23. The van der Waals surface area contributed by atoms with Gasteiger partial charge in [-0.1, -0.05) is 32.4 Å². The lowest BCUT2D eigenvalue weighted by molar-refractivity contribution is -0.125. The van der Waals surface area contributed by atoms with Crippen molar-refractivity contribution in [3.05, 3.63) is 29.0 Å². The number of amides is 1. The molecule has 0 aromatic carbocycles. The fraction of sp³-hybridized carbons (Fsp3) is 0.417. The van der Waals surface area contributed by atoms with Crippen molar-refractivity contribution in [2.24, 2.45) is 5.41 Å². The van der Waals surface area contributed by atoms with Crippen LogP contribution in [0.3, 0.4) is 0 Å². The first-order chi connectivity index (χ1) is 7.82. The number of carbonyl (C=O) groups is 2. The molecule has 0 aliphatic carbocycles. The predicted octanol–water partition coefficient (Wildman–Crippen LogP) is 2.08. The molecule has 0 unspecified atom stereocenters. The van der Waals surface area contributed by atoms with Crippen LogP contribution in [0.2, 0.25) is 5.02 Å². The Morgan fingerprint density at radius 1 is 1.41 bits per heavy atom. The van der Waals surface area contributed by atoms with Crippen LogP contribution in [0, 0.1) is 5.41 Å². The lowest BCUT2D eigenvalue weighted by Crippen LogP contribution is -2.35. The first kappa shape index (κ1) is 13.6. The van der Waals surface area contributed by atoms with Gasteiger partial charge >= 0.3 is 0 Å². The Kier molecular flexibility index (Phi) is 4.23. The van der Waals surface area contributed by atoms with Gasteiger partial charge in [0.1, 0.15) is 0 Å². The lowest BCUT2D eigenvalue weighted by Gasteiger charge is -2.16. The molecule has 1 rings (SSSR count). The summed E-state index contributed by atoms with van der Waals surface area (Å²) in [4.78, 5) is 27.1. The molecule has 4 nitrogen and oxygen atoms in total. The fourth-order valence-corrected chi connectivity index (χ4v) is 1.29. The number of hydrogen-bond acceptors (Lipinski definition) is 3. The smallest absolute Gasteiger partial charge is 0.253 e. The van der Waals surface area contributed by atoms with Crippen molar-refractivity contribution in [2.45, 2.75) is 20.8 Å². The van der Waals surface area contributed by atoms with E-state index in [0.29, 0.717) is 5.56 Å². The van der Waals surface area contributed by atoms with E-state index in [1.54, 1.807) is 20.8 Å². The van der Waals surface area contributed by atoms with Crippen LogP contribution in [0.4, 0.5) is 0 Å². The summed E-state index contributed by atoms with van der Waals surface area (Å²) in [6.07, 6.45) is 2.87. The molecule has 1 amide bonds. The largest absolute Gasteiger partial charge is 0.345 e. The number of rotatable bonds is 3. The van der Waals surface area contributed by atoms with Crippen LogP contribution in [0.5, 0.6) is 0 Å². The molecule has 5 heteroatoms. The Morgan fingerprint density at radius 3 is 2.59 bits per heavy atom. The zero-order valence-electron chi connectivity index (χ0n) is 10.1. The number of nitrogens with zero attached hydrogens (tertiary/aromatic N) is 1. The monoisotopic (exact) mass is 254 g/mol. The highest BCUT2D eigenvalue weighted by Crippen LogP contribution is 2.15. The third kappa shape index (κ3) is 3.82. The summed E-state index contributed by atoms with van der Waals surface area (Å²) in [5.41, 5.74) is -0.140. The maximum Gasteiger partial charge on any atom is 0.253 e. The van der Waals surface area contributed by atoms with Crippen LogP contribution in [-0.2, 0) is 4.79 Å². The minimum atomic E-state index is -0.463. The molecule has 0 radical (unpaired) electrons. The highest BCUT2D eigenvalue weighted by atomic mass is 35.5. The van der Waals surface area contributed by atoms with Crippen molar-refractivity contribution in [2.75, 3.05) is 6.54 Å².